The summed E-state index contributed by atoms with van der Waals surface area (Å²) in [6.07, 6.45) is 0. The average molecular weight is 452 g/mol. The zero-order valence-electron chi connectivity index (χ0n) is 19.6. The Kier molecular flexibility index (Phi) is 6.14. The summed E-state index contributed by atoms with van der Waals surface area (Å²) in [5.74, 6) is 0. The molecule has 0 aromatic carbocycles. The number of hydrogen-bond acceptors (Lipinski definition) is 2. The Morgan fingerprint density at radius 3 is 1.22 bits per heavy atom. The van der Waals surface area contributed by atoms with Crippen LogP contribution in [-0.4, -0.2) is 38.9 Å². The topological polar surface area (TPSA) is 16.3 Å². The number of aromatic nitrogens is 2. The van der Waals surface area contributed by atoms with E-state index in [0.717, 1.165) is 0 Å². The van der Waals surface area contributed by atoms with Crippen LogP contribution in [0, 0.1) is 13.8 Å². The van der Waals surface area contributed by atoms with E-state index >= 15 is 0 Å². The maximum absolute atomic E-state index is 3.53. The Balaban J connectivity index is 3.09. The molecule has 0 N–H and O–H groups in total. The van der Waals surface area contributed by atoms with Crippen LogP contribution in [0.1, 0.15) is 64.3 Å². The van der Waals surface area contributed by atoms with Gasteiger partial charge in [0.05, 0.1) is 0 Å². The van der Waals surface area contributed by atoms with Crippen molar-refractivity contribution in [3.63, 3.8) is 0 Å². The second kappa shape index (κ2) is 7.32. The second-order valence-electron chi connectivity index (χ2n) is 10.3. The molecule has 0 unspecified atom stereocenters. The van der Waals surface area contributed by atoms with Gasteiger partial charge >= 0.3 is 174 Å². The van der Waals surface area contributed by atoms with Crippen LogP contribution < -0.4 is 0 Å². The van der Waals surface area contributed by atoms with Crippen LogP contribution in [0.25, 0.3) is 0 Å². The van der Waals surface area contributed by atoms with E-state index in [1.54, 1.807) is 0 Å². The fourth-order valence-corrected chi connectivity index (χ4v) is 17.1. The predicted octanol–water partition coefficient (Wildman–Crippen LogP) is 4.83. The summed E-state index contributed by atoms with van der Waals surface area (Å²) in [5, 5.41) is 0. The standard InChI is InChI=1S/C12H20N.C6H8N.2C2H6N.Zr/c1-11(2,3)9-7-8-10(13-9)12(4,5)6;1-5-3-4-6(2)7-5;2*1-3-2;/h7-8H,1-6H3;3-4H,1-2H3;2*1-2H3;/q4*-1;+4. The molecule has 27 heavy (non-hydrogen) atoms. The Bertz CT molecular complexity index is 738. The summed E-state index contributed by atoms with van der Waals surface area (Å²) >= 11 is -3.53. The molecule has 2 aromatic rings. The van der Waals surface area contributed by atoms with Gasteiger partial charge in [0.2, 0.25) is 0 Å². The van der Waals surface area contributed by atoms with Gasteiger partial charge in [0.25, 0.3) is 0 Å². The van der Waals surface area contributed by atoms with Gasteiger partial charge in [-0.2, -0.15) is 0 Å². The van der Waals surface area contributed by atoms with Crippen LogP contribution in [0.4, 0.5) is 0 Å². The van der Waals surface area contributed by atoms with Crippen molar-refractivity contribution in [3.05, 3.63) is 47.0 Å². The quantitative estimate of drug-likeness (QED) is 0.662. The molecule has 0 amide bonds. The van der Waals surface area contributed by atoms with Gasteiger partial charge in [-0.05, 0) is 0 Å². The zero-order valence-corrected chi connectivity index (χ0v) is 22.1. The first kappa shape index (κ1) is 22.7. The first-order valence-electron chi connectivity index (χ1n) is 9.90. The van der Waals surface area contributed by atoms with E-state index in [1.807, 2.05) is 0 Å². The number of rotatable bonds is 4. The Morgan fingerprint density at radius 2 is 0.963 bits per heavy atom. The normalized spacial score (nSPS) is 13.9. The molecule has 0 fully saturated rings. The molecule has 2 rings (SSSR count). The van der Waals surface area contributed by atoms with Crippen LogP contribution in [-0.2, 0) is 32.3 Å². The van der Waals surface area contributed by atoms with E-state index in [2.05, 4.69) is 119 Å². The van der Waals surface area contributed by atoms with E-state index in [0.29, 0.717) is 0 Å². The molecule has 0 aliphatic heterocycles. The van der Waals surface area contributed by atoms with Gasteiger partial charge in [0.1, 0.15) is 0 Å². The molecule has 0 saturated heterocycles. The van der Waals surface area contributed by atoms with Crippen molar-refractivity contribution in [1.82, 2.24) is 10.7 Å². The van der Waals surface area contributed by atoms with Crippen LogP contribution in [0.3, 0.4) is 0 Å². The average Bonchev–Trinajstić information content (AvgIpc) is 3.05. The molecule has 0 bridgehead atoms. The molecule has 0 spiro atoms. The van der Waals surface area contributed by atoms with Crippen molar-refractivity contribution in [2.24, 2.45) is 0 Å². The molecular formula is C22H40N4Zr. The molecule has 0 aliphatic carbocycles. The third-order valence-corrected chi connectivity index (χ3v) is 17.3. The predicted molar refractivity (Wildman–Crippen MR) is 114 cm³/mol. The molecule has 0 aliphatic rings. The van der Waals surface area contributed by atoms with Crippen molar-refractivity contribution < 1.29 is 21.4 Å². The molecule has 4 nitrogen and oxygen atoms in total. The molecule has 152 valence electrons. The SMILES string of the molecule is Cc1ccc(C)[n]1[Zr]([N](C)C)([N](C)C)[n]1c(C(C)(C)C)ccc1C(C)(C)C. The van der Waals surface area contributed by atoms with Gasteiger partial charge in [-0.25, -0.2) is 0 Å². The second-order valence-corrected chi connectivity index (χ2v) is 19.8. The monoisotopic (exact) mass is 450 g/mol. The van der Waals surface area contributed by atoms with Gasteiger partial charge in [-0.15, -0.1) is 0 Å². The van der Waals surface area contributed by atoms with Gasteiger partial charge in [0.15, 0.2) is 0 Å². The molecule has 0 radical (unpaired) electrons. The van der Waals surface area contributed by atoms with Crippen molar-refractivity contribution in [2.75, 3.05) is 28.2 Å². The molecule has 2 aromatic heterocycles. The summed E-state index contributed by atoms with van der Waals surface area (Å²) < 4.78 is 10.5. The summed E-state index contributed by atoms with van der Waals surface area (Å²) in [5.41, 5.74) is 5.70. The van der Waals surface area contributed by atoms with E-state index in [4.69, 9.17) is 0 Å². The molecule has 0 atom stereocenters. The molecule has 2 heterocycles. The van der Waals surface area contributed by atoms with Gasteiger partial charge in [-0.3, -0.25) is 0 Å². The van der Waals surface area contributed by atoms with Gasteiger partial charge in [0, 0.05) is 0 Å². The van der Waals surface area contributed by atoms with Crippen LogP contribution in [0.15, 0.2) is 24.3 Å². The first-order valence-corrected chi connectivity index (χ1v) is 14.3. The first-order chi connectivity index (χ1) is 12.2. The fourth-order valence-electron chi connectivity index (χ4n) is 4.37. The van der Waals surface area contributed by atoms with E-state index < -0.39 is 21.4 Å². The Morgan fingerprint density at radius 1 is 0.630 bits per heavy atom. The van der Waals surface area contributed by atoms with Gasteiger partial charge < -0.3 is 0 Å². The van der Waals surface area contributed by atoms with E-state index in [9.17, 15) is 0 Å². The van der Waals surface area contributed by atoms with E-state index in [1.165, 1.54) is 22.8 Å². The van der Waals surface area contributed by atoms with Crippen molar-refractivity contribution >= 4 is 0 Å². The number of aryl methyl sites for hydroxylation is 2. The Labute approximate surface area is 173 Å². The number of nitrogens with zero attached hydrogens (tertiary/aromatic N) is 4. The van der Waals surface area contributed by atoms with Crippen molar-refractivity contribution in [2.45, 2.75) is 66.2 Å². The summed E-state index contributed by atoms with van der Waals surface area (Å²) in [7, 11) is 9.09. The fraction of sp³-hybridized carbons (Fsp3) is 0.636. The third kappa shape index (κ3) is 3.68. The van der Waals surface area contributed by atoms with Crippen LogP contribution >= 0.6 is 0 Å². The zero-order chi connectivity index (χ0) is 20.9. The molecule has 0 saturated carbocycles. The molecular weight excluding hydrogens is 411 g/mol. The third-order valence-electron chi connectivity index (χ3n) is 5.49. The van der Waals surface area contributed by atoms with Crippen molar-refractivity contribution in [1.29, 1.82) is 0 Å². The summed E-state index contributed by atoms with van der Waals surface area (Å²) in [6.45, 7) is 18.5. The minimum absolute atomic E-state index is 0.0760. The summed E-state index contributed by atoms with van der Waals surface area (Å²) in [4.78, 5) is 0. The Hall–Kier alpha value is -0.637. The number of hydrogen-bond donors (Lipinski definition) is 0. The summed E-state index contributed by atoms with van der Waals surface area (Å²) in [6, 6.07) is 9.27. The molecule has 5 heteroatoms. The van der Waals surface area contributed by atoms with Crippen LogP contribution in [0.2, 0.25) is 0 Å². The van der Waals surface area contributed by atoms with E-state index in [-0.39, 0.29) is 10.8 Å². The van der Waals surface area contributed by atoms with Crippen LogP contribution in [0.5, 0.6) is 0 Å². The van der Waals surface area contributed by atoms with Gasteiger partial charge in [-0.1, -0.05) is 0 Å². The maximum atomic E-state index is 2.77. The minimum atomic E-state index is -3.53. The van der Waals surface area contributed by atoms with Crippen molar-refractivity contribution in [3.8, 4) is 0 Å².